The van der Waals surface area contributed by atoms with E-state index in [1.54, 1.807) is 11.0 Å². The first kappa shape index (κ1) is 28.6. The summed E-state index contributed by atoms with van der Waals surface area (Å²) in [6.07, 6.45) is 6.68. The van der Waals surface area contributed by atoms with Gasteiger partial charge in [-0.2, -0.15) is 0 Å². The van der Waals surface area contributed by atoms with Crippen LogP contribution in [0, 0.1) is 11.7 Å². The third kappa shape index (κ3) is 6.74. The van der Waals surface area contributed by atoms with E-state index in [1.807, 2.05) is 24.3 Å². The molecule has 220 valence electrons. The highest BCUT2D eigenvalue weighted by molar-refractivity contribution is 6.00. The lowest BCUT2D eigenvalue weighted by Crippen LogP contribution is -2.40. The zero-order valence-electron chi connectivity index (χ0n) is 24.3. The number of hydrogen-bond acceptors (Lipinski definition) is 4. The number of nitrogens with zero attached hydrogens (tertiary/aromatic N) is 3. The molecular formula is C35H41FN4O2. The van der Waals surface area contributed by atoms with E-state index >= 15 is 0 Å². The molecule has 3 heterocycles. The van der Waals surface area contributed by atoms with Gasteiger partial charge in [0.2, 0.25) is 5.91 Å². The predicted molar refractivity (Wildman–Crippen MR) is 164 cm³/mol. The molecule has 0 bridgehead atoms. The molecular weight excluding hydrogens is 527 g/mol. The zero-order chi connectivity index (χ0) is 28.9. The van der Waals surface area contributed by atoms with E-state index in [0.717, 1.165) is 74.6 Å². The smallest absolute Gasteiger partial charge is 0.251 e. The Kier molecular flexibility index (Phi) is 8.96. The van der Waals surface area contributed by atoms with Gasteiger partial charge in [0, 0.05) is 30.4 Å². The van der Waals surface area contributed by atoms with Crippen molar-refractivity contribution in [2.45, 2.75) is 51.1 Å². The Bertz CT molecular complexity index is 1390. The second kappa shape index (κ2) is 13.2. The number of rotatable bonds is 8. The van der Waals surface area contributed by atoms with Crippen LogP contribution in [0.3, 0.4) is 0 Å². The van der Waals surface area contributed by atoms with Gasteiger partial charge in [-0.05, 0) is 98.6 Å². The maximum atomic E-state index is 14.0. The van der Waals surface area contributed by atoms with E-state index < -0.39 is 0 Å². The van der Waals surface area contributed by atoms with Crippen LogP contribution in [0.15, 0.2) is 72.8 Å². The number of hydrogen-bond donors (Lipinski definition) is 1. The molecule has 2 saturated heterocycles. The van der Waals surface area contributed by atoms with Crippen molar-refractivity contribution in [2.75, 3.05) is 44.2 Å². The van der Waals surface area contributed by atoms with Crippen molar-refractivity contribution >= 4 is 17.5 Å². The number of carbonyl (C=O) groups is 2. The SMILES string of the molecule is O=C(NCCN1CCC(Cc2ccccc2)CC1)c1ccc2c(c1)N(Cc1cccc(F)c1)C(=O)CN1CCCC[C@H]21. The summed E-state index contributed by atoms with van der Waals surface area (Å²) in [7, 11) is 0. The van der Waals surface area contributed by atoms with E-state index in [2.05, 4.69) is 45.4 Å². The molecule has 3 aromatic carbocycles. The maximum absolute atomic E-state index is 14.0. The first-order chi connectivity index (χ1) is 20.5. The Labute approximate surface area is 248 Å². The molecule has 0 spiro atoms. The molecule has 3 aromatic rings. The minimum atomic E-state index is -0.319. The molecule has 7 heteroatoms. The molecule has 2 fully saturated rings. The molecule has 1 N–H and O–H groups in total. The topological polar surface area (TPSA) is 55.9 Å². The Balaban J connectivity index is 1.11. The molecule has 2 amide bonds. The second-order valence-corrected chi connectivity index (χ2v) is 12.1. The van der Waals surface area contributed by atoms with Gasteiger partial charge in [0.05, 0.1) is 13.1 Å². The lowest BCUT2D eigenvalue weighted by molar-refractivity contribution is -0.120. The number of carbonyl (C=O) groups excluding carboxylic acids is 2. The molecule has 1 atom stereocenters. The molecule has 0 unspecified atom stereocenters. The average Bonchev–Trinajstić information content (AvgIpc) is 3.12. The number of likely N-dealkylation sites (tertiary alicyclic amines) is 1. The van der Waals surface area contributed by atoms with Crippen LogP contribution in [0.25, 0.3) is 0 Å². The maximum Gasteiger partial charge on any atom is 0.251 e. The standard InChI is InChI=1S/C35H41FN4O2/c36-30-10-6-9-28(22-30)24-40-33-23-29(12-13-31(33)32-11-4-5-17-39(32)25-34(40)41)35(42)37-16-20-38-18-14-27(15-19-38)21-26-7-2-1-3-8-26/h1-3,6-10,12-13,22-23,27,32H,4-5,11,14-21,24-25H2,(H,37,42)/t32-/m1/s1. The van der Waals surface area contributed by atoms with E-state index in [0.29, 0.717) is 18.7 Å². The molecule has 0 aromatic heterocycles. The van der Waals surface area contributed by atoms with Crippen LogP contribution in [-0.4, -0.2) is 60.9 Å². The van der Waals surface area contributed by atoms with Crippen LogP contribution in [0.1, 0.15) is 65.2 Å². The highest BCUT2D eigenvalue weighted by atomic mass is 19.1. The van der Waals surface area contributed by atoms with Gasteiger partial charge in [0.1, 0.15) is 5.82 Å². The molecule has 42 heavy (non-hydrogen) atoms. The molecule has 0 aliphatic carbocycles. The lowest BCUT2D eigenvalue weighted by atomic mass is 9.90. The van der Waals surface area contributed by atoms with Crippen LogP contribution in [0.4, 0.5) is 10.1 Å². The fourth-order valence-corrected chi connectivity index (χ4v) is 6.91. The summed E-state index contributed by atoms with van der Waals surface area (Å²) in [5.74, 6) is 0.259. The summed E-state index contributed by atoms with van der Waals surface area (Å²) in [6, 6.07) is 23.1. The van der Waals surface area contributed by atoms with Gasteiger partial charge in [0.25, 0.3) is 5.91 Å². The van der Waals surface area contributed by atoms with Gasteiger partial charge >= 0.3 is 0 Å². The Morgan fingerprint density at radius 1 is 0.881 bits per heavy atom. The number of amides is 2. The summed E-state index contributed by atoms with van der Waals surface area (Å²) in [5.41, 5.74) is 4.54. The van der Waals surface area contributed by atoms with Crippen molar-refractivity contribution in [1.82, 2.24) is 15.1 Å². The van der Waals surface area contributed by atoms with Crippen LogP contribution in [0.5, 0.6) is 0 Å². The van der Waals surface area contributed by atoms with Crippen LogP contribution >= 0.6 is 0 Å². The molecule has 3 aliphatic heterocycles. The second-order valence-electron chi connectivity index (χ2n) is 12.1. The first-order valence-corrected chi connectivity index (χ1v) is 15.5. The van der Waals surface area contributed by atoms with E-state index in [4.69, 9.17) is 0 Å². The highest BCUT2D eigenvalue weighted by Gasteiger charge is 2.35. The van der Waals surface area contributed by atoms with Gasteiger partial charge in [-0.15, -0.1) is 0 Å². The summed E-state index contributed by atoms with van der Waals surface area (Å²) < 4.78 is 14.0. The van der Waals surface area contributed by atoms with Crippen molar-refractivity contribution in [3.05, 3.63) is 101 Å². The summed E-state index contributed by atoms with van der Waals surface area (Å²) in [4.78, 5) is 33.3. The van der Waals surface area contributed by atoms with Gasteiger partial charge in [-0.1, -0.05) is 55.0 Å². The van der Waals surface area contributed by atoms with Crippen LogP contribution in [0.2, 0.25) is 0 Å². The number of piperidine rings is 2. The largest absolute Gasteiger partial charge is 0.351 e. The van der Waals surface area contributed by atoms with Crippen LogP contribution in [-0.2, 0) is 17.8 Å². The molecule has 6 rings (SSSR count). The van der Waals surface area contributed by atoms with Crippen molar-refractivity contribution in [2.24, 2.45) is 5.92 Å². The highest BCUT2D eigenvalue weighted by Crippen LogP contribution is 2.40. The van der Waals surface area contributed by atoms with Crippen molar-refractivity contribution < 1.29 is 14.0 Å². The van der Waals surface area contributed by atoms with Crippen LogP contribution < -0.4 is 10.2 Å². The number of nitrogens with one attached hydrogen (secondary N) is 1. The minimum absolute atomic E-state index is 0.0156. The summed E-state index contributed by atoms with van der Waals surface area (Å²) >= 11 is 0. The predicted octanol–water partition coefficient (Wildman–Crippen LogP) is 5.58. The fourth-order valence-electron chi connectivity index (χ4n) is 6.91. The Hall–Kier alpha value is -3.55. The lowest BCUT2D eigenvalue weighted by Gasteiger charge is -2.34. The van der Waals surface area contributed by atoms with E-state index in [-0.39, 0.29) is 30.2 Å². The monoisotopic (exact) mass is 568 g/mol. The number of halogens is 1. The van der Waals surface area contributed by atoms with Gasteiger partial charge < -0.3 is 15.1 Å². The number of anilines is 1. The third-order valence-corrected chi connectivity index (χ3v) is 9.21. The molecule has 0 saturated carbocycles. The minimum Gasteiger partial charge on any atom is -0.351 e. The molecule has 3 aliphatic rings. The summed E-state index contributed by atoms with van der Waals surface area (Å²) in [6.45, 7) is 5.02. The van der Waals surface area contributed by atoms with Gasteiger partial charge in [-0.25, -0.2) is 4.39 Å². The Morgan fingerprint density at radius 3 is 2.50 bits per heavy atom. The van der Waals surface area contributed by atoms with Crippen molar-refractivity contribution in [1.29, 1.82) is 0 Å². The van der Waals surface area contributed by atoms with Crippen molar-refractivity contribution in [3.63, 3.8) is 0 Å². The third-order valence-electron chi connectivity index (χ3n) is 9.21. The number of benzene rings is 3. The first-order valence-electron chi connectivity index (χ1n) is 15.5. The van der Waals surface area contributed by atoms with Gasteiger partial charge in [0.15, 0.2) is 0 Å². The fraction of sp³-hybridized carbons (Fsp3) is 0.429. The Morgan fingerprint density at radius 2 is 1.69 bits per heavy atom. The normalized spacial score (nSPS) is 20.1. The zero-order valence-corrected chi connectivity index (χ0v) is 24.3. The quantitative estimate of drug-likeness (QED) is 0.385. The van der Waals surface area contributed by atoms with E-state index in [1.165, 1.54) is 30.5 Å². The molecule has 6 nitrogen and oxygen atoms in total. The average molecular weight is 569 g/mol. The van der Waals surface area contributed by atoms with Gasteiger partial charge in [-0.3, -0.25) is 14.5 Å². The molecule has 0 radical (unpaired) electrons. The van der Waals surface area contributed by atoms with Crippen molar-refractivity contribution in [3.8, 4) is 0 Å². The summed E-state index contributed by atoms with van der Waals surface area (Å²) in [5, 5.41) is 3.12. The number of fused-ring (bicyclic) bond motifs is 3. The van der Waals surface area contributed by atoms with E-state index in [9.17, 15) is 14.0 Å².